The number of anilines is 1. The summed E-state index contributed by atoms with van der Waals surface area (Å²) in [6, 6.07) is 8.15. The van der Waals surface area contributed by atoms with Crippen LogP contribution in [0.3, 0.4) is 0 Å². The van der Waals surface area contributed by atoms with E-state index < -0.39 is 0 Å². The first-order valence-electron chi connectivity index (χ1n) is 7.02. The molecule has 0 saturated heterocycles. The van der Waals surface area contributed by atoms with Crippen molar-refractivity contribution in [3.8, 4) is 6.07 Å². The SMILES string of the molecule is CCCCCCCCNc1cc(C)ccc1C#N. The Bertz CT molecular complexity index is 391. The van der Waals surface area contributed by atoms with Gasteiger partial charge in [0.1, 0.15) is 6.07 Å². The third-order valence-corrected chi connectivity index (χ3v) is 3.14. The van der Waals surface area contributed by atoms with Gasteiger partial charge in [-0.2, -0.15) is 5.26 Å². The fourth-order valence-corrected chi connectivity index (χ4v) is 2.03. The van der Waals surface area contributed by atoms with Crippen LogP contribution in [-0.4, -0.2) is 6.54 Å². The Balaban J connectivity index is 2.27. The van der Waals surface area contributed by atoms with Crippen LogP contribution in [0.15, 0.2) is 18.2 Å². The molecule has 0 amide bonds. The van der Waals surface area contributed by atoms with Crippen molar-refractivity contribution in [3.05, 3.63) is 29.3 Å². The number of hydrogen-bond donors (Lipinski definition) is 1. The Kier molecular flexibility index (Phi) is 6.94. The molecule has 2 heteroatoms. The lowest BCUT2D eigenvalue weighted by atomic mass is 10.1. The summed E-state index contributed by atoms with van der Waals surface area (Å²) in [7, 11) is 0. The van der Waals surface area contributed by atoms with Crippen LogP contribution in [0, 0.1) is 18.3 Å². The van der Waals surface area contributed by atoms with Crippen molar-refractivity contribution in [2.75, 3.05) is 11.9 Å². The molecule has 0 atom stereocenters. The van der Waals surface area contributed by atoms with Gasteiger partial charge in [0, 0.05) is 6.54 Å². The number of aryl methyl sites for hydroxylation is 1. The first kappa shape index (κ1) is 14.6. The lowest BCUT2D eigenvalue weighted by Gasteiger charge is -2.09. The smallest absolute Gasteiger partial charge is 0.101 e. The summed E-state index contributed by atoms with van der Waals surface area (Å²) in [5.74, 6) is 0. The van der Waals surface area contributed by atoms with Gasteiger partial charge in [-0.25, -0.2) is 0 Å². The lowest BCUT2D eigenvalue weighted by molar-refractivity contribution is 0.617. The molecule has 0 aromatic heterocycles. The van der Waals surface area contributed by atoms with Crippen LogP contribution in [0.4, 0.5) is 5.69 Å². The van der Waals surface area contributed by atoms with Gasteiger partial charge in [-0.15, -0.1) is 0 Å². The lowest BCUT2D eigenvalue weighted by Crippen LogP contribution is -2.03. The second-order valence-corrected chi connectivity index (χ2v) is 4.86. The van der Waals surface area contributed by atoms with E-state index in [-0.39, 0.29) is 0 Å². The number of rotatable bonds is 8. The van der Waals surface area contributed by atoms with Crippen molar-refractivity contribution in [1.82, 2.24) is 0 Å². The monoisotopic (exact) mass is 244 g/mol. The molecule has 0 fully saturated rings. The number of nitriles is 1. The third kappa shape index (κ3) is 5.23. The predicted octanol–water partition coefficient (Wildman–Crippen LogP) is 4.64. The van der Waals surface area contributed by atoms with Crippen LogP contribution in [0.1, 0.15) is 56.6 Å². The zero-order valence-electron chi connectivity index (χ0n) is 11.6. The highest BCUT2D eigenvalue weighted by atomic mass is 14.9. The molecule has 0 saturated carbocycles. The zero-order valence-corrected chi connectivity index (χ0v) is 11.6. The van der Waals surface area contributed by atoms with E-state index in [2.05, 4.69) is 31.3 Å². The molecular weight excluding hydrogens is 220 g/mol. The van der Waals surface area contributed by atoms with E-state index in [4.69, 9.17) is 5.26 Å². The van der Waals surface area contributed by atoms with E-state index in [0.717, 1.165) is 17.8 Å². The van der Waals surface area contributed by atoms with Gasteiger partial charge in [-0.05, 0) is 31.0 Å². The Morgan fingerprint density at radius 2 is 1.83 bits per heavy atom. The quantitative estimate of drug-likeness (QED) is 0.676. The minimum absolute atomic E-state index is 0.742. The molecule has 98 valence electrons. The number of unbranched alkanes of at least 4 members (excludes halogenated alkanes) is 5. The van der Waals surface area contributed by atoms with Crippen LogP contribution in [0.25, 0.3) is 0 Å². The van der Waals surface area contributed by atoms with E-state index in [1.165, 1.54) is 44.1 Å². The first-order valence-corrected chi connectivity index (χ1v) is 7.02. The molecule has 0 unspecified atom stereocenters. The van der Waals surface area contributed by atoms with Crippen molar-refractivity contribution >= 4 is 5.69 Å². The maximum Gasteiger partial charge on any atom is 0.101 e. The van der Waals surface area contributed by atoms with Gasteiger partial charge >= 0.3 is 0 Å². The fraction of sp³-hybridized carbons (Fsp3) is 0.562. The fourth-order valence-electron chi connectivity index (χ4n) is 2.03. The summed E-state index contributed by atoms with van der Waals surface area (Å²) in [6.45, 7) is 5.25. The van der Waals surface area contributed by atoms with E-state index >= 15 is 0 Å². The van der Waals surface area contributed by atoms with E-state index in [0.29, 0.717) is 0 Å². The molecule has 2 nitrogen and oxygen atoms in total. The first-order chi connectivity index (χ1) is 8.77. The van der Waals surface area contributed by atoms with Gasteiger partial charge in [0.25, 0.3) is 0 Å². The molecule has 0 spiro atoms. The van der Waals surface area contributed by atoms with Crippen LogP contribution < -0.4 is 5.32 Å². The highest BCUT2D eigenvalue weighted by molar-refractivity contribution is 5.58. The molecule has 0 heterocycles. The molecule has 1 rings (SSSR count). The van der Waals surface area contributed by atoms with E-state index in [1.807, 2.05) is 12.1 Å². The average molecular weight is 244 g/mol. The predicted molar refractivity (Wildman–Crippen MR) is 77.8 cm³/mol. The molecule has 0 aliphatic rings. The van der Waals surface area contributed by atoms with Crippen molar-refractivity contribution in [3.63, 3.8) is 0 Å². The van der Waals surface area contributed by atoms with Gasteiger partial charge in [-0.1, -0.05) is 45.1 Å². The molecule has 1 aromatic rings. The number of benzene rings is 1. The molecule has 1 aromatic carbocycles. The molecule has 1 N–H and O–H groups in total. The molecular formula is C16H24N2. The highest BCUT2D eigenvalue weighted by Crippen LogP contribution is 2.16. The van der Waals surface area contributed by atoms with Crippen molar-refractivity contribution in [1.29, 1.82) is 5.26 Å². The third-order valence-electron chi connectivity index (χ3n) is 3.14. The minimum atomic E-state index is 0.742. The van der Waals surface area contributed by atoms with E-state index in [9.17, 15) is 0 Å². The summed E-state index contributed by atoms with van der Waals surface area (Å²) < 4.78 is 0. The van der Waals surface area contributed by atoms with Crippen LogP contribution in [0.2, 0.25) is 0 Å². The van der Waals surface area contributed by atoms with Gasteiger partial charge in [0.15, 0.2) is 0 Å². The van der Waals surface area contributed by atoms with Crippen LogP contribution in [0.5, 0.6) is 0 Å². The average Bonchev–Trinajstić information content (AvgIpc) is 2.38. The topological polar surface area (TPSA) is 35.8 Å². The summed E-state index contributed by atoms with van der Waals surface area (Å²) in [5.41, 5.74) is 2.91. The second kappa shape index (κ2) is 8.58. The summed E-state index contributed by atoms with van der Waals surface area (Å²) in [6.07, 6.45) is 7.79. The van der Waals surface area contributed by atoms with Gasteiger partial charge in [-0.3, -0.25) is 0 Å². The number of nitrogens with zero attached hydrogens (tertiary/aromatic N) is 1. The number of hydrogen-bond acceptors (Lipinski definition) is 2. The Labute approximate surface area is 111 Å². The zero-order chi connectivity index (χ0) is 13.2. The Hall–Kier alpha value is -1.49. The maximum atomic E-state index is 9.02. The summed E-state index contributed by atoms with van der Waals surface area (Å²) >= 11 is 0. The Morgan fingerprint density at radius 1 is 1.11 bits per heavy atom. The summed E-state index contributed by atoms with van der Waals surface area (Å²) in [5, 5.41) is 12.4. The Morgan fingerprint density at radius 3 is 2.56 bits per heavy atom. The van der Waals surface area contributed by atoms with Crippen molar-refractivity contribution in [2.24, 2.45) is 0 Å². The van der Waals surface area contributed by atoms with Gasteiger partial charge < -0.3 is 5.32 Å². The number of nitrogens with one attached hydrogen (secondary N) is 1. The van der Waals surface area contributed by atoms with Crippen LogP contribution in [-0.2, 0) is 0 Å². The molecule has 0 aliphatic heterocycles. The van der Waals surface area contributed by atoms with Gasteiger partial charge in [0.2, 0.25) is 0 Å². The van der Waals surface area contributed by atoms with Crippen molar-refractivity contribution in [2.45, 2.75) is 52.4 Å². The molecule has 0 bridgehead atoms. The standard InChI is InChI=1S/C16H24N2/c1-3-4-5-6-7-8-11-18-16-12-14(2)9-10-15(16)13-17/h9-10,12,18H,3-8,11H2,1-2H3. The molecule has 18 heavy (non-hydrogen) atoms. The van der Waals surface area contributed by atoms with Crippen LogP contribution >= 0.6 is 0 Å². The summed E-state index contributed by atoms with van der Waals surface area (Å²) in [4.78, 5) is 0. The largest absolute Gasteiger partial charge is 0.384 e. The van der Waals surface area contributed by atoms with Crippen molar-refractivity contribution < 1.29 is 0 Å². The molecule has 0 radical (unpaired) electrons. The second-order valence-electron chi connectivity index (χ2n) is 4.86. The highest BCUT2D eigenvalue weighted by Gasteiger charge is 2.00. The minimum Gasteiger partial charge on any atom is -0.384 e. The maximum absolute atomic E-state index is 9.02. The van der Waals surface area contributed by atoms with Gasteiger partial charge in [0.05, 0.1) is 11.3 Å². The molecule has 0 aliphatic carbocycles. The van der Waals surface area contributed by atoms with E-state index in [1.54, 1.807) is 0 Å². The normalized spacial score (nSPS) is 10.1.